The van der Waals surface area contributed by atoms with Crippen LogP contribution >= 0.6 is 11.8 Å². The van der Waals surface area contributed by atoms with E-state index in [1.807, 2.05) is 29.2 Å². The summed E-state index contributed by atoms with van der Waals surface area (Å²) in [6.07, 6.45) is 3.56. The number of hydrogen-bond acceptors (Lipinski definition) is 6. The largest absolute Gasteiger partial charge is 0.335 e. The first kappa shape index (κ1) is 20.8. The Morgan fingerprint density at radius 2 is 1.71 bits per heavy atom. The number of para-hydroxylation sites is 1. The van der Waals surface area contributed by atoms with Crippen molar-refractivity contribution in [2.45, 2.75) is 17.2 Å². The van der Waals surface area contributed by atoms with Crippen LogP contribution in [0.1, 0.15) is 12.1 Å². The molecular weight excluding hydrogens is 424 g/mol. The van der Waals surface area contributed by atoms with Crippen molar-refractivity contribution in [1.82, 2.24) is 0 Å². The van der Waals surface area contributed by atoms with Crippen LogP contribution in [-0.4, -0.2) is 38.2 Å². The van der Waals surface area contributed by atoms with Gasteiger partial charge in [-0.15, -0.1) is 0 Å². The first-order valence-corrected chi connectivity index (χ1v) is 12.3. The molecule has 0 spiro atoms. The van der Waals surface area contributed by atoms with E-state index in [1.165, 1.54) is 16.3 Å². The minimum atomic E-state index is -4.21. The summed E-state index contributed by atoms with van der Waals surface area (Å²) in [6, 6.07) is 12.8. The lowest BCUT2D eigenvalue weighted by Gasteiger charge is -2.20. The summed E-state index contributed by atoms with van der Waals surface area (Å²) in [5.41, 5.74) is 1.47. The number of anilines is 1. The Kier molecular flexibility index (Phi) is 6.10. The fourth-order valence-corrected chi connectivity index (χ4v) is 5.05. The Labute approximate surface area is 168 Å². The smallest absolute Gasteiger partial charge is 0.326 e. The second-order valence-electron chi connectivity index (χ2n) is 6.15. The van der Waals surface area contributed by atoms with Crippen molar-refractivity contribution in [1.29, 1.82) is 0 Å². The van der Waals surface area contributed by atoms with Gasteiger partial charge in [0.1, 0.15) is 0 Å². The van der Waals surface area contributed by atoms with E-state index in [9.17, 15) is 21.4 Å². The number of nitrogens with zero attached hydrogens (tertiary/aromatic N) is 2. The minimum Gasteiger partial charge on any atom is -0.335 e. The summed E-state index contributed by atoms with van der Waals surface area (Å²) in [7, 11) is -8.26. The maximum Gasteiger partial charge on any atom is 0.326 e. The van der Waals surface area contributed by atoms with Crippen molar-refractivity contribution in [3.63, 3.8) is 0 Å². The van der Waals surface area contributed by atoms with E-state index in [-0.39, 0.29) is 12.2 Å². The van der Waals surface area contributed by atoms with Crippen molar-refractivity contribution in [2.75, 3.05) is 17.2 Å². The number of rotatable bonds is 7. The summed E-state index contributed by atoms with van der Waals surface area (Å²) in [6.45, 7) is 0.362. The molecule has 0 fully saturated rings. The molecule has 0 bridgehead atoms. The summed E-state index contributed by atoms with van der Waals surface area (Å²) in [4.78, 5) is 2.91. The van der Waals surface area contributed by atoms with Crippen LogP contribution in [0.25, 0.3) is 6.08 Å². The zero-order valence-corrected chi connectivity index (χ0v) is 17.1. The fourth-order valence-electron chi connectivity index (χ4n) is 2.84. The predicted octanol–water partition coefficient (Wildman–Crippen LogP) is 2.01. The zero-order valence-electron chi connectivity index (χ0n) is 14.7. The Morgan fingerprint density at radius 1 is 1.00 bits per heavy atom. The zero-order chi connectivity index (χ0) is 20.4. The lowest BCUT2D eigenvalue weighted by molar-refractivity contribution is -0.679. The SMILES string of the molecule is O=S(=O)(O)CCCN1/C(=C\c2cccc[n+]2CS(=O)(=O)O)Sc2ccccc21. The summed E-state index contributed by atoms with van der Waals surface area (Å²) >= 11 is 1.47. The molecule has 2 heterocycles. The van der Waals surface area contributed by atoms with Gasteiger partial charge in [0, 0.05) is 29.6 Å². The van der Waals surface area contributed by atoms with Gasteiger partial charge in [0.2, 0.25) is 5.69 Å². The highest BCUT2D eigenvalue weighted by atomic mass is 32.2. The maximum atomic E-state index is 11.3. The van der Waals surface area contributed by atoms with Gasteiger partial charge in [-0.1, -0.05) is 23.9 Å². The number of fused-ring (bicyclic) bond motifs is 1. The third kappa shape index (κ3) is 5.55. The second kappa shape index (κ2) is 8.21. The van der Waals surface area contributed by atoms with Crippen LogP contribution in [0.15, 0.2) is 58.6 Å². The van der Waals surface area contributed by atoms with Gasteiger partial charge in [0.25, 0.3) is 16.0 Å². The standard InChI is InChI=1S/C17H18N2O6S3/c20-27(21,22)11-5-10-19-15-7-1-2-8-16(15)26-17(19)12-14-6-3-4-9-18(14)13-28(23,24)25/h1-4,6-9,12H,5,10-11,13H2,(H-,20,21,22,23,24,25)/p+1. The Hall–Kier alpha value is -1.92. The van der Waals surface area contributed by atoms with Crippen LogP contribution in [0.4, 0.5) is 5.69 Å². The van der Waals surface area contributed by atoms with E-state index in [4.69, 9.17) is 4.55 Å². The van der Waals surface area contributed by atoms with Gasteiger partial charge >= 0.3 is 10.1 Å². The number of hydrogen-bond donors (Lipinski definition) is 2. The summed E-state index contributed by atoms with van der Waals surface area (Å²) in [5, 5.41) is 0.784. The fraction of sp³-hybridized carbons (Fsp3) is 0.235. The summed E-state index contributed by atoms with van der Waals surface area (Å²) < 4.78 is 64.2. The Balaban J connectivity index is 1.94. The van der Waals surface area contributed by atoms with Gasteiger partial charge < -0.3 is 4.90 Å². The van der Waals surface area contributed by atoms with Gasteiger partial charge in [-0.2, -0.15) is 21.4 Å². The molecule has 0 atom stereocenters. The molecule has 0 amide bonds. The molecule has 150 valence electrons. The van der Waals surface area contributed by atoms with Crippen molar-refractivity contribution in [3.05, 3.63) is 59.4 Å². The molecule has 11 heteroatoms. The molecule has 1 aromatic heterocycles. The highest BCUT2D eigenvalue weighted by molar-refractivity contribution is 8.03. The molecule has 8 nitrogen and oxygen atoms in total. The van der Waals surface area contributed by atoms with Crippen molar-refractivity contribution < 1.29 is 30.5 Å². The highest BCUT2D eigenvalue weighted by Crippen LogP contribution is 2.46. The van der Waals surface area contributed by atoms with E-state index in [1.54, 1.807) is 30.5 Å². The topological polar surface area (TPSA) is 116 Å². The molecule has 2 aromatic rings. The van der Waals surface area contributed by atoms with Crippen LogP contribution in [0.3, 0.4) is 0 Å². The van der Waals surface area contributed by atoms with Crippen LogP contribution in [0, 0.1) is 0 Å². The van der Waals surface area contributed by atoms with Gasteiger partial charge in [0.05, 0.1) is 16.5 Å². The van der Waals surface area contributed by atoms with Crippen molar-refractivity contribution in [3.8, 4) is 0 Å². The van der Waals surface area contributed by atoms with Gasteiger partial charge in [0.15, 0.2) is 6.20 Å². The molecule has 28 heavy (non-hydrogen) atoms. The van der Waals surface area contributed by atoms with E-state index >= 15 is 0 Å². The van der Waals surface area contributed by atoms with Gasteiger partial charge in [-0.3, -0.25) is 9.11 Å². The predicted molar refractivity (Wildman–Crippen MR) is 107 cm³/mol. The third-order valence-corrected chi connectivity index (χ3v) is 6.49. The molecule has 1 aliphatic heterocycles. The van der Waals surface area contributed by atoms with Gasteiger partial charge in [-0.25, -0.2) is 0 Å². The van der Waals surface area contributed by atoms with E-state index < -0.39 is 26.1 Å². The lowest BCUT2D eigenvalue weighted by atomic mass is 10.2. The van der Waals surface area contributed by atoms with Crippen molar-refractivity contribution in [2.24, 2.45) is 0 Å². The molecule has 3 rings (SSSR count). The van der Waals surface area contributed by atoms with E-state index in [2.05, 4.69) is 0 Å². The van der Waals surface area contributed by atoms with Crippen molar-refractivity contribution >= 4 is 43.8 Å². The normalized spacial score (nSPS) is 15.8. The van der Waals surface area contributed by atoms with E-state index in [0.717, 1.165) is 15.6 Å². The third-order valence-electron chi connectivity index (χ3n) is 3.97. The van der Waals surface area contributed by atoms with Gasteiger partial charge in [-0.05, 0) is 24.6 Å². The van der Waals surface area contributed by atoms with Crippen LogP contribution < -0.4 is 9.47 Å². The summed E-state index contributed by atoms with van der Waals surface area (Å²) in [5.74, 6) is -0.926. The number of thioether (sulfide) groups is 1. The second-order valence-corrected chi connectivity index (χ2v) is 10.2. The molecule has 0 unspecified atom stereocenters. The maximum absolute atomic E-state index is 11.3. The average Bonchev–Trinajstić information content (AvgIpc) is 2.92. The monoisotopic (exact) mass is 443 g/mol. The Bertz CT molecular complexity index is 1110. The van der Waals surface area contributed by atoms with Crippen LogP contribution in [0.2, 0.25) is 0 Å². The van der Waals surface area contributed by atoms with Crippen LogP contribution in [0.5, 0.6) is 0 Å². The number of benzene rings is 1. The van der Waals surface area contributed by atoms with Crippen LogP contribution in [-0.2, 0) is 26.1 Å². The first-order valence-electron chi connectivity index (χ1n) is 8.27. The molecule has 1 aliphatic rings. The average molecular weight is 444 g/mol. The molecule has 0 radical (unpaired) electrons. The molecule has 0 saturated carbocycles. The molecule has 0 aliphatic carbocycles. The molecular formula is C17H19N2O6S3+. The number of aromatic nitrogens is 1. The number of pyridine rings is 1. The van der Waals surface area contributed by atoms with E-state index in [0.29, 0.717) is 12.2 Å². The molecule has 1 aromatic carbocycles. The Morgan fingerprint density at radius 3 is 2.43 bits per heavy atom. The molecule has 2 N–H and O–H groups in total. The first-order chi connectivity index (χ1) is 13.1. The molecule has 0 saturated heterocycles. The highest BCUT2D eigenvalue weighted by Gasteiger charge is 2.26. The quantitative estimate of drug-likeness (QED) is 0.493. The lowest BCUT2D eigenvalue weighted by Crippen LogP contribution is -2.40. The minimum absolute atomic E-state index is 0.227.